The van der Waals surface area contributed by atoms with Crippen molar-refractivity contribution in [2.24, 2.45) is 0 Å². The molecule has 0 radical (unpaired) electrons. The van der Waals surface area contributed by atoms with Crippen LogP contribution in [0, 0.1) is 5.82 Å². The molecule has 0 saturated heterocycles. The predicted molar refractivity (Wildman–Crippen MR) is 166 cm³/mol. The van der Waals surface area contributed by atoms with Gasteiger partial charge >= 0.3 is 6.18 Å². The quantitative estimate of drug-likeness (QED) is 0.177. The number of halogens is 5. The molecule has 1 aliphatic rings. The van der Waals surface area contributed by atoms with Gasteiger partial charge in [0.05, 0.1) is 26.0 Å². The Morgan fingerprint density at radius 1 is 0.935 bits per heavy atom. The van der Waals surface area contributed by atoms with Crippen LogP contribution in [-0.2, 0) is 26.4 Å². The van der Waals surface area contributed by atoms with E-state index in [-0.39, 0.29) is 68.3 Å². The molecular weight excluding hydrogens is 672 g/mol. The second-order valence-corrected chi connectivity index (χ2v) is 16.2. The van der Waals surface area contributed by atoms with Crippen LogP contribution in [0.3, 0.4) is 0 Å². The first kappa shape index (κ1) is 33.8. The molecule has 0 spiro atoms. The van der Waals surface area contributed by atoms with Gasteiger partial charge in [-0.1, -0.05) is 17.7 Å². The third-order valence-corrected chi connectivity index (χ3v) is 10.3. The van der Waals surface area contributed by atoms with E-state index in [1.54, 1.807) is 20.8 Å². The molecule has 1 aliphatic carbocycles. The van der Waals surface area contributed by atoms with Crippen LogP contribution >= 0.6 is 11.6 Å². The van der Waals surface area contributed by atoms with Crippen LogP contribution in [0.2, 0.25) is 5.02 Å². The Balaban J connectivity index is 1.53. The Morgan fingerprint density at radius 3 is 2.24 bits per heavy atom. The van der Waals surface area contributed by atoms with Gasteiger partial charge in [0.1, 0.15) is 16.9 Å². The maximum atomic E-state index is 14.5. The summed E-state index contributed by atoms with van der Waals surface area (Å²) in [7, 11) is -7.76. The topological polar surface area (TPSA) is 143 Å². The van der Waals surface area contributed by atoms with Crippen LogP contribution in [0.4, 0.5) is 29.3 Å². The first-order valence-corrected chi connectivity index (χ1v) is 17.5. The normalized spacial score (nSPS) is 15.2. The van der Waals surface area contributed by atoms with E-state index >= 15 is 0 Å². The lowest BCUT2D eigenvalue weighted by Crippen LogP contribution is -2.40. The first-order valence-electron chi connectivity index (χ1n) is 13.8. The fourth-order valence-corrected chi connectivity index (χ4v) is 7.44. The van der Waals surface area contributed by atoms with Crippen LogP contribution in [-0.4, -0.2) is 55.3 Å². The highest BCUT2D eigenvalue weighted by molar-refractivity contribution is 7.90. The largest absolute Gasteiger partial charge is 0.411 e. The van der Waals surface area contributed by atoms with Crippen molar-refractivity contribution in [1.82, 2.24) is 19.7 Å². The molecule has 10 nitrogen and oxygen atoms in total. The Bertz CT molecular complexity index is 2070. The Labute approximate surface area is 268 Å². The van der Waals surface area contributed by atoms with Crippen LogP contribution in [0.5, 0.6) is 0 Å². The average molecular weight is 701 g/mol. The SMILES string of the molecule is CC(C)(C)NS(=O)(=O)c1cc(F)cc(CNc2nc(NC3(C(F)(F)F)CC3)c3nc(-c4ccc(Cl)c(S(C)(=O)=O)c4)ccc3n2)c1. The number of alkyl halides is 3. The van der Waals surface area contributed by atoms with E-state index < -0.39 is 42.9 Å². The summed E-state index contributed by atoms with van der Waals surface area (Å²) < 4.78 is 109. The molecule has 2 aromatic carbocycles. The molecule has 17 heteroatoms. The van der Waals surface area contributed by atoms with Crippen LogP contribution in [0.25, 0.3) is 22.3 Å². The summed E-state index contributed by atoms with van der Waals surface area (Å²) in [4.78, 5) is 12.7. The van der Waals surface area contributed by atoms with Gasteiger partial charge in [-0.25, -0.2) is 35.9 Å². The van der Waals surface area contributed by atoms with Gasteiger partial charge in [0.25, 0.3) is 0 Å². The summed E-state index contributed by atoms with van der Waals surface area (Å²) in [6, 6.07) is 10.5. The summed E-state index contributed by atoms with van der Waals surface area (Å²) in [5.74, 6) is -1.18. The van der Waals surface area contributed by atoms with Gasteiger partial charge in [-0.15, -0.1) is 0 Å². The number of anilines is 2. The number of aromatic nitrogens is 3. The lowest BCUT2D eigenvalue weighted by atomic mass is 10.1. The smallest absolute Gasteiger partial charge is 0.354 e. The summed E-state index contributed by atoms with van der Waals surface area (Å²) in [5.41, 5.74) is -2.13. The number of rotatable bonds is 9. The molecule has 3 N–H and O–H groups in total. The highest BCUT2D eigenvalue weighted by atomic mass is 35.5. The molecule has 5 rings (SSSR count). The zero-order chi connectivity index (χ0) is 33.9. The molecule has 0 atom stereocenters. The summed E-state index contributed by atoms with van der Waals surface area (Å²) in [6.07, 6.45) is -3.99. The average Bonchev–Trinajstić information content (AvgIpc) is 3.71. The van der Waals surface area contributed by atoms with E-state index in [9.17, 15) is 34.4 Å². The molecule has 0 amide bonds. The lowest BCUT2D eigenvalue weighted by molar-refractivity contribution is -0.151. The van der Waals surface area contributed by atoms with Crippen molar-refractivity contribution in [3.05, 3.63) is 64.9 Å². The van der Waals surface area contributed by atoms with Gasteiger partial charge in [0, 0.05) is 23.9 Å². The fraction of sp³-hybridized carbons (Fsp3) is 0.345. The maximum Gasteiger partial charge on any atom is 0.411 e. The van der Waals surface area contributed by atoms with E-state index in [2.05, 4.69) is 30.3 Å². The molecule has 0 bridgehead atoms. The summed E-state index contributed by atoms with van der Waals surface area (Å²) in [6.45, 7) is 4.74. The molecule has 1 fully saturated rings. The lowest BCUT2D eigenvalue weighted by Gasteiger charge is -2.22. The highest BCUT2D eigenvalue weighted by Gasteiger charge is 2.64. The van der Waals surface area contributed by atoms with Crippen molar-refractivity contribution in [1.29, 1.82) is 0 Å². The minimum Gasteiger partial charge on any atom is -0.354 e. The van der Waals surface area contributed by atoms with Crippen molar-refractivity contribution in [3.63, 3.8) is 0 Å². The molecule has 0 unspecified atom stereocenters. The second kappa shape index (κ2) is 11.6. The van der Waals surface area contributed by atoms with Crippen LogP contribution < -0.4 is 15.4 Å². The van der Waals surface area contributed by atoms with Crippen LogP contribution in [0.15, 0.2) is 58.3 Å². The van der Waals surface area contributed by atoms with Gasteiger partial charge in [-0.2, -0.15) is 18.2 Å². The van der Waals surface area contributed by atoms with Gasteiger partial charge in [0.2, 0.25) is 16.0 Å². The van der Waals surface area contributed by atoms with E-state index in [0.717, 1.165) is 18.4 Å². The number of nitrogens with one attached hydrogen (secondary N) is 3. The third-order valence-electron chi connectivity index (χ3n) is 6.95. The van der Waals surface area contributed by atoms with Crippen molar-refractivity contribution < 1.29 is 34.4 Å². The minimum absolute atomic E-state index is 0.00257. The molecule has 246 valence electrons. The van der Waals surface area contributed by atoms with E-state index in [0.29, 0.717) is 5.56 Å². The molecule has 0 aliphatic heterocycles. The zero-order valence-electron chi connectivity index (χ0n) is 24.9. The van der Waals surface area contributed by atoms with Crippen molar-refractivity contribution in [3.8, 4) is 11.3 Å². The highest BCUT2D eigenvalue weighted by Crippen LogP contribution is 2.51. The van der Waals surface area contributed by atoms with Gasteiger partial charge in [-0.05, 0) is 81.6 Å². The third kappa shape index (κ3) is 7.35. The molecule has 46 heavy (non-hydrogen) atoms. The van der Waals surface area contributed by atoms with Crippen molar-refractivity contribution in [2.45, 2.75) is 67.2 Å². The van der Waals surface area contributed by atoms with E-state index in [1.807, 2.05) is 0 Å². The molecular formula is C29H29ClF4N6O4S2. The molecule has 2 aromatic heterocycles. The standard InChI is InChI=1S/C29H29ClF4N6O4S2/c1-27(2,3)40-46(43,44)19-12-16(11-18(31)14-19)15-35-26-37-22-8-7-21(17-5-6-20(30)23(13-17)45(4,41)42)36-24(22)25(38-26)39-28(9-10-28)29(32,33)34/h5-8,11-14,40H,9-10,15H2,1-4H3,(H2,35,37,38,39). The number of benzene rings is 2. The number of hydrogen-bond acceptors (Lipinski definition) is 9. The Morgan fingerprint density at radius 2 is 1.63 bits per heavy atom. The van der Waals surface area contributed by atoms with Crippen molar-refractivity contribution >= 4 is 54.3 Å². The second-order valence-electron chi connectivity index (χ2n) is 12.1. The number of fused-ring (bicyclic) bond motifs is 1. The fourth-order valence-electron chi connectivity index (χ4n) is 4.64. The first-order chi connectivity index (χ1) is 21.2. The van der Waals surface area contributed by atoms with Gasteiger partial charge in [0.15, 0.2) is 15.7 Å². The number of nitrogens with zero attached hydrogens (tertiary/aromatic N) is 3. The number of hydrogen-bond donors (Lipinski definition) is 3. The van der Waals surface area contributed by atoms with E-state index in [4.69, 9.17) is 11.6 Å². The van der Waals surface area contributed by atoms with Gasteiger partial charge in [-0.3, -0.25) is 0 Å². The monoisotopic (exact) mass is 700 g/mol. The number of pyridine rings is 1. The maximum absolute atomic E-state index is 14.5. The van der Waals surface area contributed by atoms with Crippen LogP contribution in [0.1, 0.15) is 39.2 Å². The van der Waals surface area contributed by atoms with Crippen molar-refractivity contribution in [2.75, 3.05) is 16.9 Å². The minimum atomic E-state index is -4.60. The van der Waals surface area contributed by atoms with E-state index in [1.165, 1.54) is 36.4 Å². The Kier molecular flexibility index (Phi) is 8.49. The predicted octanol–water partition coefficient (Wildman–Crippen LogP) is 6.08. The Hall–Kier alpha value is -3.60. The van der Waals surface area contributed by atoms with Gasteiger partial charge < -0.3 is 10.6 Å². The number of sulfone groups is 1. The number of sulfonamides is 1. The molecule has 1 saturated carbocycles. The molecule has 2 heterocycles. The summed E-state index contributed by atoms with van der Waals surface area (Å²) >= 11 is 6.07. The zero-order valence-corrected chi connectivity index (χ0v) is 27.3. The summed E-state index contributed by atoms with van der Waals surface area (Å²) in [5, 5.41) is 5.33. The molecule has 4 aromatic rings.